The van der Waals surface area contributed by atoms with Crippen molar-refractivity contribution in [3.63, 3.8) is 0 Å². The Hall–Kier alpha value is -2.39. The highest BCUT2D eigenvalue weighted by Gasteiger charge is 2.37. The van der Waals surface area contributed by atoms with Gasteiger partial charge in [-0.25, -0.2) is 15.0 Å². The van der Waals surface area contributed by atoms with Crippen LogP contribution < -0.4 is 21.7 Å². The second-order valence-electron chi connectivity index (χ2n) is 7.91. The van der Waals surface area contributed by atoms with Crippen LogP contribution in [0.15, 0.2) is 18.5 Å². The van der Waals surface area contributed by atoms with Crippen LogP contribution in [0.4, 0.5) is 11.8 Å². The van der Waals surface area contributed by atoms with Crippen molar-refractivity contribution in [2.45, 2.75) is 63.9 Å². The van der Waals surface area contributed by atoms with Crippen LogP contribution in [0.1, 0.15) is 61.8 Å². The first kappa shape index (κ1) is 20.9. The molecule has 1 aliphatic carbocycles. The summed E-state index contributed by atoms with van der Waals surface area (Å²) in [5, 5.41) is 9.99. The van der Waals surface area contributed by atoms with Crippen LogP contribution in [0.3, 0.4) is 0 Å². The van der Waals surface area contributed by atoms with Crippen LogP contribution in [-0.4, -0.2) is 32.5 Å². The highest BCUT2D eigenvalue weighted by Crippen LogP contribution is 2.43. The number of hydrogen-bond donors (Lipinski definition) is 4. The average Bonchev–Trinajstić information content (AvgIpc) is 3.12. The number of anilines is 2. The van der Waals surface area contributed by atoms with E-state index in [2.05, 4.69) is 30.9 Å². The van der Waals surface area contributed by atoms with Crippen molar-refractivity contribution >= 4 is 28.4 Å². The number of nitrogens with zero attached hydrogens (tertiary/aromatic N) is 4. The van der Waals surface area contributed by atoms with E-state index in [0.717, 1.165) is 34.3 Å². The van der Waals surface area contributed by atoms with Crippen LogP contribution in [0.25, 0.3) is 4.91 Å². The van der Waals surface area contributed by atoms with Crippen molar-refractivity contribution in [3.8, 4) is 0 Å². The molecule has 1 saturated carbocycles. The molecular weight excluding hydrogens is 396 g/mol. The fourth-order valence-corrected chi connectivity index (χ4v) is 5.04. The molecule has 0 spiro atoms. The molecule has 1 atom stereocenters. The number of thioether (sulfide) groups is 1. The van der Waals surface area contributed by atoms with E-state index in [1.807, 2.05) is 33.0 Å². The summed E-state index contributed by atoms with van der Waals surface area (Å²) >= 11 is 1.50. The summed E-state index contributed by atoms with van der Waals surface area (Å²) in [7, 11) is 0. The number of nitrogens with one attached hydrogen (secondary N) is 3. The van der Waals surface area contributed by atoms with E-state index >= 15 is 0 Å². The molecule has 4 rings (SSSR count). The maximum Gasteiger partial charge on any atom is 0.223 e. The maximum absolute atomic E-state index is 6.68. The van der Waals surface area contributed by atoms with Gasteiger partial charge in [0, 0.05) is 24.5 Å². The van der Waals surface area contributed by atoms with Crippen LogP contribution in [0, 0.1) is 13.8 Å². The van der Waals surface area contributed by atoms with Crippen molar-refractivity contribution < 1.29 is 0 Å². The minimum atomic E-state index is -0.882. The molecule has 2 aromatic heterocycles. The highest BCUT2D eigenvalue weighted by molar-refractivity contribution is 8.09. The number of aromatic nitrogens is 4. The zero-order valence-electron chi connectivity index (χ0n) is 17.8. The van der Waals surface area contributed by atoms with Crippen LogP contribution in [0.5, 0.6) is 0 Å². The van der Waals surface area contributed by atoms with Gasteiger partial charge in [0.2, 0.25) is 5.95 Å². The first-order valence-corrected chi connectivity index (χ1v) is 11.4. The fourth-order valence-electron chi connectivity index (χ4n) is 3.95. The van der Waals surface area contributed by atoms with Gasteiger partial charge in [0.25, 0.3) is 0 Å². The van der Waals surface area contributed by atoms with Gasteiger partial charge in [-0.3, -0.25) is 10.7 Å². The standard InChI is InChI=1S/C21H30N8S/c1-4-23-18-12-24-19(14(3)27-18)21(22)25-11-17(30-21)16-10-13(2)26-20(29-16)28-15-8-6-5-7-9-15/h10-12,15,25H,4-9,22H2,1-3H3,(H,23,27)(H,26,28,29). The molecule has 0 amide bonds. The summed E-state index contributed by atoms with van der Waals surface area (Å²) in [6.07, 6.45) is 9.85. The summed E-state index contributed by atoms with van der Waals surface area (Å²) in [5.41, 5.74) is 9.98. The highest BCUT2D eigenvalue weighted by atomic mass is 32.2. The molecule has 2 aliphatic rings. The molecule has 8 nitrogen and oxygen atoms in total. The predicted octanol–water partition coefficient (Wildman–Crippen LogP) is 3.46. The lowest BCUT2D eigenvalue weighted by Crippen LogP contribution is -2.43. The van der Waals surface area contributed by atoms with Crippen molar-refractivity contribution in [2.75, 3.05) is 17.2 Å². The van der Waals surface area contributed by atoms with Gasteiger partial charge in [-0.1, -0.05) is 31.0 Å². The zero-order chi connectivity index (χ0) is 21.1. The van der Waals surface area contributed by atoms with Crippen LogP contribution in [0.2, 0.25) is 0 Å². The molecule has 5 N–H and O–H groups in total. The van der Waals surface area contributed by atoms with E-state index in [1.165, 1.54) is 43.9 Å². The Morgan fingerprint density at radius 3 is 2.73 bits per heavy atom. The second-order valence-corrected chi connectivity index (χ2v) is 9.20. The van der Waals surface area contributed by atoms with Gasteiger partial charge in [0.15, 0.2) is 4.99 Å². The van der Waals surface area contributed by atoms with Gasteiger partial charge in [0.1, 0.15) is 11.5 Å². The monoisotopic (exact) mass is 426 g/mol. The van der Waals surface area contributed by atoms with E-state index in [4.69, 9.17) is 10.7 Å². The van der Waals surface area contributed by atoms with Gasteiger partial charge >= 0.3 is 0 Å². The summed E-state index contributed by atoms with van der Waals surface area (Å²) in [5.74, 6) is 1.45. The summed E-state index contributed by atoms with van der Waals surface area (Å²) in [6, 6.07) is 2.45. The molecule has 0 bridgehead atoms. The Labute approximate surface area is 182 Å². The van der Waals surface area contributed by atoms with Gasteiger partial charge in [-0.15, -0.1) is 0 Å². The number of hydrogen-bond acceptors (Lipinski definition) is 9. The molecule has 9 heteroatoms. The van der Waals surface area contributed by atoms with E-state index in [9.17, 15) is 0 Å². The summed E-state index contributed by atoms with van der Waals surface area (Å²) in [4.78, 5) is 18.6. The number of nitrogens with two attached hydrogens (primary N) is 1. The third kappa shape index (κ3) is 4.52. The third-order valence-corrected chi connectivity index (χ3v) is 6.57. The predicted molar refractivity (Wildman–Crippen MR) is 123 cm³/mol. The lowest BCUT2D eigenvalue weighted by Gasteiger charge is -2.25. The third-order valence-electron chi connectivity index (χ3n) is 5.39. The summed E-state index contributed by atoms with van der Waals surface area (Å²) < 4.78 is 0. The molecule has 1 fully saturated rings. The Morgan fingerprint density at radius 2 is 2.00 bits per heavy atom. The van der Waals surface area contributed by atoms with Crippen LogP contribution in [-0.2, 0) is 4.99 Å². The van der Waals surface area contributed by atoms with Crippen molar-refractivity contribution in [3.05, 3.63) is 41.2 Å². The minimum Gasteiger partial charge on any atom is -0.369 e. The Bertz CT molecular complexity index is 941. The lowest BCUT2D eigenvalue weighted by atomic mass is 9.96. The smallest absolute Gasteiger partial charge is 0.223 e. The van der Waals surface area contributed by atoms with E-state index in [-0.39, 0.29) is 0 Å². The molecule has 0 radical (unpaired) electrons. The molecule has 3 heterocycles. The molecule has 0 aromatic carbocycles. The Morgan fingerprint density at radius 1 is 1.20 bits per heavy atom. The maximum atomic E-state index is 6.68. The lowest BCUT2D eigenvalue weighted by molar-refractivity contribution is 0.460. The minimum absolute atomic E-state index is 0.457. The van der Waals surface area contributed by atoms with Crippen LogP contribution >= 0.6 is 11.8 Å². The van der Waals surface area contributed by atoms with Gasteiger partial charge in [-0.2, -0.15) is 0 Å². The molecule has 2 aromatic rings. The van der Waals surface area contributed by atoms with Gasteiger partial charge < -0.3 is 16.0 Å². The molecule has 1 aliphatic heterocycles. The van der Waals surface area contributed by atoms with Crippen molar-refractivity contribution in [1.29, 1.82) is 0 Å². The Balaban J connectivity index is 1.52. The van der Waals surface area contributed by atoms with E-state index in [0.29, 0.717) is 17.7 Å². The quantitative estimate of drug-likeness (QED) is 0.551. The first-order chi connectivity index (χ1) is 14.5. The zero-order valence-corrected chi connectivity index (χ0v) is 18.6. The molecule has 160 valence electrons. The fraction of sp³-hybridized carbons (Fsp3) is 0.524. The number of aryl methyl sites for hydroxylation is 2. The largest absolute Gasteiger partial charge is 0.369 e. The molecule has 0 saturated heterocycles. The molecule has 1 unspecified atom stereocenters. The molecule has 30 heavy (non-hydrogen) atoms. The summed E-state index contributed by atoms with van der Waals surface area (Å²) in [6.45, 7) is 6.75. The van der Waals surface area contributed by atoms with Crippen molar-refractivity contribution in [2.24, 2.45) is 5.73 Å². The average molecular weight is 427 g/mol. The number of rotatable bonds is 6. The topological polar surface area (TPSA) is 114 Å². The van der Waals surface area contributed by atoms with E-state index < -0.39 is 4.99 Å². The van der Waals surface area contributed by atoms with Crippen molar-refractivity contribution in [1.82, 2.24) is 25.3 Å². The normalized spacial score (nSPS) is 21.8. The van der Waals surface area contributed by atoms with Gasteiger partial charge in [-0.05, 0) is 39.7 Å². The second kappa shape index (κ2) is 8.77. The Kier molecular flexibility index (Phi) is 6.10. The van der Waals surface area contributed by atoms with E-state index in [1.54, 1.807) is 6.20 Å². The molecular formula is C21H30N8S. The van der Waals surface area contributed by atoms with Gasteiger partial charge in [0.05, 0.1) is 22.5 Å². The first-order valence-electron chi connectivity index (χ1n) is 10.6. The SMILES string of the molecule is CCNc1cnc(C2(N)NC=C(c3cc(C)nc(NC4CCCCC4)n3)S2)c(C)n1.